The summed E-state index contributed by atoms with van der Waals surface area (Å²) in [5.74, 6) is 0.778. The van der Waals surface area contributed by atoms with Crippen LogP contribution in [0.1, 0.15) is 23.2 Å². The van der Waals surface area contributed by atoms with E-state index in [-0.39, 0.29) is 11.9 Å². The van der Waals surface area contributed by atoms with Crippen molar-refractivity contribution in [3.63, 3.8) is 0 Å². The number of carbonyl (C=O) groups is 1. The molecule has 122 valence electrons. The first-order valence-electron chi connectivity index (χ1n) is 8.08. The third kappa shape index (κ3) is 2.82. The number of hydrogen-bond acceptors (Lipinski definition) is 4. The van der Waals surface area contributed by atoms with E-state index in [1.165, 1.54) is 6.39 Å². The van der Waals surface area contributed by atoms with Gasteiger partial charge in [0.2, 0.25) is 0 Å². The van der Waals surface area contributed by atoms with Gasteiger partial charge in [-0.3, -0.25) is 9.48 Å². The largest absolute Gasteiger partial charge is 0.444 e. The molecule has 1 atom stereocenters. The monoisotopic (exact) mass is 322 g/mol. The van der Waals surface area contributed by atoms with Crippen LogP contribution in [0.5, 0.6) is 0 Å². The zero-order valence-electron chi connectivity index (χ0n) is 13.2. The van der Waals surface area contributed by atoms with Gasteiger partial charge in [0, 0.05) is 30.1 Å². The molecule has 1 fully saturated rings. The first kappa shape index (κ1) is 14.7. The Kier molecular flexibility index (Phi) is 3.86. The number of oxazole rings is 1. The summed E-state index contributed by atoms with van der Waals surface area (Å²) in [6, 6.07) is 9.60. The first-order chi connectivity index (χ1) is 11.8. The lowest BCUT2D eigenvalue weighted by atomic mass is 10.1. The summed E-state index contributed by atoms with van der Waals surface area (Å²) in [6.07, 6.45) is 8.82. The molecule has 2 aromatic heterocycles. The van der Waals surface area contributed by atoms with Gasteiger partial charge in [-0.2, -0.15) is 5.10 Å². The fourth-order valence-corrected chi connectivity index (χ4v) is 3.22. The van der Waals surface area contributed by atoms with Gasteiger partial charge < -0.3 is 9.32 Å². The van der Waals surface area contributed by atoms with Crippen molar-refractivity contribution in [3.05, 3.63) is 60.9 Å². The molecular weight excluding hydrogens is 304 g/mol. The van der Waals surface area contributed by atoms with Crippen molar-refractivity contribution in [1.29, 1.82) is 0 Å². The summed E-state index contributed by atoms with van der Waals surface area (Å²) in [5, 5.41) is 4.25. The highest BCUT2D eigenvalue weighted by atomic mass is 16.3. The summed E-state index contributed by atoms with van der Waals surface area (Å²) in [6.45, 7) is 1.55. The van der Waals surface area contributed by atoms with Crippen LogP contribution in [0.2, 0.25) is 0 Å². The molecular formula is C18H18N4O2. The number of aromatic nitrogens is 3. The van der Waals surface area contributed by atoms with E-state index < -0.39 is 0 Å². The van der Waals surface area contributed by atoms with Crippen LogP contribution in [0, 0.1) is 0 Å². The van der Waals surface area contributed by atoms with E-state index in [4.69, 9.17) is 4.42 Å². The Labute approximate surface area is 139 Å². The molecule has 0 aliphatic carbocycles. The molecule has 24 heavy (non-hydrogen) atoms. The Hall–Kier alpha value is -2.89. The number of rotatable bonds is 4. The highest BCUT2D eigenvalue weighted by Crippen LogP contribution is 2.23. The molecule has 1 saturated heterocycles. The minimum absolute atomic E-state index is 0.0776. The maximum absolute atomic E-state index is 12.8. The molecule has 6 heteroatoms. The Morgan fingerprint density at radius 2 is 2.17 bits per heavy atom. The molecule has 1 amide bonds. The molecule has 3 aromatic rings. The van der Waals surface area contributed by atoms with E-state index in [1.807, 2.05) is 46.1 Å². The predicted octanol–water partition coefficient (Wildman–Crippen LogP) is 2.84. The number of benzene rings is 1. The van der Waals surface area contributed by atoms with Gasteiger partial charge in [-0.25, -0.2) is 4.98 Å². The molecule has 0 bridgehead atoms. The molecule has 3 heterocycles. The van der Waals surface area contributed by atoms with Gasteiger partial charge in [0.25, 0.3) is 5.91 Å². The second-order valence-electron chi connectivity index (χ2n) is 5.97. The summed E-state index contributed by atoms with van der Waals surface area (Å²) in [7, 11) is 0. The predicted molar refractivity (Wildman–Crippen MR) is 88.2 cm³/mol. The van der Waals surface area contributed by atoms with E-state index in [1.54, 1.807) is 12.4 Å². The SMILES string of the molecule is O=C(c1ccc(-c2cnco2)cc1)N1CCC[C@H]1Cn1cccn1. The molecule has 0 unspecified atom stereocenters. The quantitative estimate of drug-likeness (QED) is 0.741. The summed E-state index contributed by atoms with van der Waals surface area (Å²) in [4.78, 5) is 18.7. The fourth-order valence-electron chi connectivity index (χ4n) is 3.22. The highest BCUT2D eigenvalue weighted by Gasteiger charge is 2.29. The van der Waals surface area contributed by atoms with Gasteiger partial charge in [-0.05, 0) is 31.0 Å². The zero-order chi connectivity index (χ0) is 16.4. The molecule has 1 aromatic carbocycles. The fraction of sp³-hybridized carbons (Fsp3) is 0.278. The van der Waals surface area contributed by atoms with E-state index >= 15 is 0 Å². The highest BCUT2D eigenvalue weighted by molar-refractivity contribution is 5.95. The number of carbonyl (C=O) groups excluding carboxylic acids is 1. The van der Waals surface area contributed by atoms with Crippen molar-refractivity contribution in [2.24, 2.45) is 0 Å². The third-order valence-corrected chi connectivity index (χ3v) is 4.44. The van der Waals surface area contributed by atoms with Gasteiger partial charge in [0.05, 0.1) is 18.8 Å². The first-order valence-corrected chi connectivity index (χ1v) is 8.08. The number of likely N-dealkylation sites (tertiary alicyclic amines) is 1. The average Bonchev–Trinajstić information content (AvgIpc) is 3.37. The van der Waals surface area contributed by atoms with Gasteiger partial charge in [0.15, 0.2) is 12.2 Å². The average molecular weight is 322 g/mol. The van der Waals surface area contributed by atoms with Crippen molar-refractivity contribution >= 4 is 5.91 Å². The van der Waals surface area contributed by atoms with Crippen LogP contribution in [-0.2, 0) is 6.54 Å². The lowest BCUT2D eigenvalue weighted by Gasteiger charge is -2.25. The van der Waals surface area contributed by atoms with Crippen molar-refractivity contribution in [2.45, 2.75) is 25.4 Å². The van der Waals surface area contributed by atoms with Gasteiger partial charge in [-0.1, -0.05) is 12.1 Å². The van der Waals surface area contributed by atoms with Crippen LogP contribution < -0.4 is 0 Å². The lowest BCUT2D eigenvalue weighted by molar-refractivity contribution is 0.0721. The van der Waals surface area contributed by atoms with Crippen molar-refractivity contribution in [3.8, 4) is 11.3 Å². The third-order valence-electron chi connectivity index (χ3n) is 4.44. The van der Waals surface area contributed by atoms with Crippen LogP contribution in [0.15, 0.2) is 59.7 Å². The Morgan fingerprint density at radius 3 is 2.88 bits per heavy atom. The molecule has 4 rings (SSSR count). The van der Waals surface area contributed by atoms with Gasteiger partial charge >= 0.3 is 0 Å². The topological polar surface area (TPSA) is 64.2 Å². The van der Waals surface area contributed by atoms with Crippen LogP contribution >= 0.6 is 0 Å². The maximum Gasteiger partial charge on any atom is 0.254 e. The smallest absolute Gasteiger partial charge is 0.254 e. The van der Waals surface area contributed by atoms with Crippen LogP contribution in [0.3, 0.4) is 0 Å². The molecule has 1 aliphatic rings. The zero-order valence-corrected chi connectivity index (χ0v) is 13.2. The molecule has 1 aliphatic heterocycles. The van der Waals surface area contributed by atoms with Crippen LogP contribution in [0.25, 0.3) is 11.3 Å². The second kappa shape index (κ2) is 6.31. The second-order valence-corrected chi connectivity index (χ2v) is 5.97. The summed E-state index contributed by atoms with van der Waals surface area (Å²) < 4.78 is 7.17. The maximum atomic E-state index is 12.8. The minimum atomic E-state index is 0.0776. The normalized spacial score (nSPS) is 17.3. The van der Waals surface area contributed by atoms with E-state index in [2.05, 4.69) is 10.1 Å². The lowest BCUT2D eigenvalue weighted by Crippen LogP contribution is -2.38. The number of hydrogen-bond donors (Lipinski definition) is 0. The summed E-state index contributed by atoms with van der Waals surface area (Å²) >= 11 is 0. The molecule has 6 nitrogen and oxygen atoms in total. The van der Waals surface area contributed by atoms with E-state index in [9.17, 15) is 4.79 Å². The standard InChI is InChI=1S/C18H18N4O2/c23-18(15-6-4-14(5-7-15)17-11-19-13-24-17)22-10-1-3-16(22)12-21-9-2-8-20-21/h2,4-9,11,13,16H,1,3,10,12H2/t16-/m0/s1. The molecule has 0 spiro atoms. The molecule has 0 radical (unpaired) electrons. The number of nitrogens with zero attached hydrogens (tertiary/aromatic N) is 4. The van der Waals surface area contributed by atoms with Crippen LogP contribution in [0.4, 0.5) is 0 Å². The van der Waals surface area contributed by atoms with Crippen molar-refractivity contribution in [1.82, 2.24) is 19.7 Å². The Balaban J connectivity index is 1.50. The van der Waals surface area contributed by atoms with Crippen molar-refractivity contribution in [2.75, 3.05) is 6.54 Å². The Bertz CT molecular complexity index is 794. The van der Waals surface area contributed by atoms with Gasteiger partial charge in [-0.15, -0.1) is 0 Å². The minimum Gasteiger partial charge on any atom is -0.444 e. The van der Waals surface area contributed by atoms with Gasteiger partial charge in [0.1, 0.15) is 0 Å². The van der Waals surface area contributed by atoms with Crippen molar-refractivity contribution < 1.29 is 9.21 Å². The van der Waals surface area contributed by atoms with E-state index in [0.29, 0.717) is 11.3 Å². The molecule has 0 N–H and O–H groups in total. The number of amides is 1. The summed E-state index contributed by atoms with van der Waals surface area (Å²) in [5.41, 5.74) is 1.61. The molecule has 0 saturated carbocycles. The van der Waals surface area contributed by atoms with Crippen LogP contribution in [-0.4, -0.2) is 38.2 Å². The van der Waals surface area contributed by atoms with E-state index in [0.717, 1.165) is 31.5 Å². The Morgan fingerprint density at radius 1 is 1.29 bits per heavy atom.